The molecule has 1 aliphatic rings. The van der Waals surface area contributed by atoms with Crippen molar-refractivity contribution in [3.8, 4) is 0 Å². The third-order valence-corrected chi connectivity index (χ3v) is 3.96. The van der Waals surface area contributed by atoms with Gasteiger partial charge in [0.15, 0.2) is 0 Å². The molecule has 1 atom stereocenters. The molecule has 5 heteroatoms. The van der Waals surface area contributed by atoms with Crippen molar-refractivity contribution >= 4 is 12.1 Å². The second-order valence-corrected chi connectivity index (χ2v) is 5.51. The minimum absolute atomic E-state index is 0.125. The molecule has 23 heavy (non-hydrogen) atoms. The lowest BCUT2D eigenvalue weighted by atomic mass is 9.90. The van der Waals surface area contributed by atoms with Gasteiger partial charge in [-0.25, -0.2) is 4.79 Å². The molecule has 3 rings (SSSR count). The minimum atomic E-state index is -0.932. The molecule has 1 aliphatic heterocycles. The summed E-state index contributed by atoms with van der Waals surface area (Å²) in [5, 5.41) is 9.41. The number of nitrogens with zero attached hydrogens (tertiary/aromatic N) is 1. The van der Waals surface area contributed by atoms with Crippen LogP contribution >= 0.6 is 0 Å². The predicted molar refractivity (Wildman–Crippen MR) is 83.9 cm³/mol. The van der Waals surface area contributed by atoms with Gasteiger partial charge in [0, 0.05) is 13.1 Å². The van der Waals surface area contributed by atoms with E-state index >= 15 is 0 Å². The number of ether oxygens (including phenoxy) is 1. The van der Waals surface area contributed by atoms with Gasteiger partial charge in [-0.05, 0) is 16.7 Å². The van der Waals surface area contributed by atoms with E-state index < -0.39 is 18.0 Å². The maximum Gasteiger partial charge on any atom is 0.410 e. The van der Waals surface area contributed by atoms with E-state index in [1.165, 1.54) is 4.90 Å². The fourth-order valence-corrected chi connectivity index (χ4v) is 2.77. The van der Waals surface area contributed by atoms with E-state index in [0.717, 1.165) is 16.7 Å². The van der Waals surface area contributed by atoms with Gasteiger partial charge in [-0.2, -0.15) is 0 Å². The summed E-state index contributed by atoms with van der Waals surface area (Å²) in [5.41, 5.74) is 2.52. The monoisotopic (exact) mass is 311 g/mol. The smallest absolute Gasteiger partial charge is 0.410 e. The molecule has 0 saturated heterocycles. The first-order valence-electron chi connectivity index (χ1n) is 7.41. The Bertz CT molecular complexity index is 714. The average molecular weight is 311 g/mol. The van der Waals surface area contributed by atoms with Crippen LogP contribution in [0.3, 0.4) is 0 Å². The van der Waals surface area contributed by atoms with Crippen LogP contribution in [0, 0.1) is 0 Å². The van der Waals surface area contributed by atoms with Crippen molar-refractivity contribution in [2.24, 2.45) is 0 Å². The lowest BCUT2D eigenvalue weighted by molar-refractivity contribution is -0.139. The third kappa shape index (κ3) is 3.34. The van der Waals surface area contributed by atoms with Crippen LogP contribution in [0.15, 0.2) is 54.6 Å². The molecule has 0 saturated carbocycles. The van der Waals surface area contributed by atoms with E-state index in [4.69, 9.17) is 4.74 Å². The molecule has 0 aromatic heterocycles. The molecule has 2 aromatic rings. The maximum atomic E-state index is 12.3. The summed E-state index contributed by atoms with van der Waals surface area (Å²) in [4.78, 5) is 25.2. The summed E-state index contributed by atoms with van der Waals surface area (Å²) in [7, 11) is 0. The van der Waals surface area contributed by atoms with E-state index in [9.17, 15) is 14.7 Å². The SMILES string of the molecule is O=C(O)C1CN(C(=O)OCc2ccccc2)Cc2ccccc21. The molecular weight excluding hydrogens is 294 g/mol. The summed E-state index contributed by atoms with van der Waals surface area (Å²) in [5.74, 6) is -1.65. The number of rotatable bonds is 3. The van der Waals surface area contributed by atoms with Crippen LogP contribution < -0.4 is 0 Å². The quantitative estimate of drug-likeness (QED) is 0.946. The first kappa shape index (κ1) is 15.1. The van der Waals surface area contributed by atoms with Gasteiger partial charge in [-0.15, -0.1) is 0 Å². The Kier molecular flexibility index (Phi) is 4.28. The number of carbonyl (C=O) groups excluding carboxylic acids is 1. The highest BCUT2D eigenvalue weighted by molar-refractivity contribution is 5.79. The second-order valence-electron chi connectivity index (χ2n) is 5.51. The number of amides is 1. The number of hydrogen-bond acceptors (Lipinski definition) is 3. The van der Waals surface area contributed by atoms with Gasteiger partial charge in [0.05, 0.1) is 5.92 Å². The molecule has 0 aliphatic carbocycles. The van der Waals surface area contributed by atoms with Crippen molar-refractivity contribution in [2.75, 3.05) is 6.54 Å². The Morgan fingerprint density at radius 3 is 2.52 bits per heavy atom. The molecule has 1 amide bonds. The number of fused-ring (bicyclic) bond motifs is 1. The molecule has 1 unspecified atom stereocenters. The molecule has 0 radical (unpaired) electrons. The predicted octanol–water partition coefficient (Wildman–Crippen LogP) is 3.01. The fourth-order valence-electron chi connectivity index (χ4n) is 2.77. The van der Waals surface area contributed by atoms with Gasteiger partial charge in [0.1, 0.15) is 6.61 Å². The Hall–Kier alpha value is -2.82. The van der Waals surface area contributed by atoms with E-state index in [2.05, 4.69) is 0 Å². The number of carbonyl (C=O) groups is 2. The zero-order valence-corrected chi connectivity index (χ0v) is 12.5. The number of carboxylic acid groups (broad SMARTS) is 1. The van der Waals surface area contributed by atoms with Crippen molar-refractivity contribution < 1.29 is 19.4 Å². The molecule has 5 nitrogen and oxygen atoms in total. The average Bonchev–Trinajstić information content (AvgIpc) is 2.59. The zero-order chi connectivity index (χ0) is 16.2. The number of carboxylic acids is 1. The molecule has 0 spiro atoms. The highest BCUT2D eigenvalue weighted by Crippen LogP contribution is 2.28. The highest BCUT2D eigenvalue weighted by Gasteiger charge is 2.32. The van der Waals surface area contributed by atoms with Crippen molar-refractivity contribution in [1.82, 2.24) is 4.90 Å². The number of hydrogen-bond donors (Lipinski definition) is 1. The van der Waals surface area contributed by atoms with Gasteiger partial charge in [0.2, 0.25) is 0 Å². The Labute approximate surface area is 134 Å². The number of aliphatic carboxylic acids is 1. The fraction of sp³-hybridized carbons (Fsp3) is 0.222. The third-order valence-electron chi connectivity index (χ3n) is 3.96. The van der Waals surface area contributed by atoms with Gasteiger partial charge in [0.25, 0.3) is 0 Å². The molecule has 118 valence electrons. The summed E-state index contributed by atoms with van der Waals surface area (Å²) in [6, 6.07) is 16.7. The molecule has 2 aromatic carbocycles. The van der Waals surface area contributed by atoms with Crippen molar-refractivity contribution in [3.05, 3.63) is 71.3 Å². The van der Waals surface area contributed by atoms with E-state index in [1.807, 2.05) is 48.5 Å². The lowest BCUT2D eigenvalue weighted by Gasteiger charge is -2.32. The summed E-state index contributed by atoms with van der Waals surface area (Å²) in [6.45, 7) is 0.670. The van der Waals surface area contributed by atoms with E-state index in [1.54, 1.807) is 6.07 Å². The maximum absolute atomic E-state index is 12.3. The van der Waals surface area contributed by atoms with Crippen molar-refractivity contribution in [2.45, 2.75) is 19.1 Å². The molecule has 0 fully saturated rings. The topological polar surface area (TPSA) is 66.8 Å². The van der Waals surface area contributed by atoms with Crippen LogP contribution in [0.2, 0.25) is 0 Å². The normalized spacial score (nSPS) is 16.5. The van der Waals surface area contributed by atoms with Crippen molar-refractivity contribution in [3.63, 3.8) is 0 Å². The second kappa shape index (κ2) is 6.52. The Morgan fingerprint density at radius 1 is 1.09 bits per heavy atom. The van der Waals surface area contributed by atoms with Crippen LogP contribution in [0.4, 0.5) is 4.79 Å². The van der Waals surface area contributed by atoms with Crippen LogP contribution in [0.1, 0.15) is 22.6 Å². The van der Waals surface area contributed by atoms with Gasteiger partial charge < -0.3 is 14.7 Å². The van der Waals surface area contributed by atoms with Crippen LogP contribution in [0.25, 0.3) is 0 Å². The standard InChI is InChI=1S/C18H17NO4/c20-17(21)16-11-19(10-14-8-4-5-9-15(14)16)18(22)23-12-13-6-2-1-3-7-13/h1-9,16H,10-12H2,(H,20,21). The van der Waals surface area contributed by atoms with Crippen LogP contribution in [-0.2, 0) is 22.7 Å². The minimum Gasteiger partial charge on any atom is -0.481 e. The number of benzene rings is 2. The highest BCUT2D eigenvalue weighted by atomic mass is 16.6. The Morgan fingerprint density at radius 2 is 1.78 bits per heavy atom. The Balaban J connectivity index is 1.71. The van der Waals surface area contributed by atoms with Gasteiger partial charge in [-0.1, -0.05) is 54.6 Å². The molecule has 0 bridgehead atoms. The summed E-state index contributed by atoms with van der Waals surface area (Å²) < 4.78 is 5.30. The lowest BCUT2D eigenvalue weighted by Crippen LogP contribution is -2.40. The van der Waals surface area contributed by atoms with Crippen LogP contribution in [0.5, 0.6) is 0 Å². The zero-order valence-electron chi connectivity index (χ0n) is 12.5. The first-order chi connectivity index (χ1) is 11.1. The summed E-state index contributed by atoms with van der Waals surface area (Å²) in [6.07, 6.45) is -0.491. The molecular formula is C18H17NO4. The summed E-state index contributed by atoms with van der Waals surface area (Å²) >= 11 is 0. The van der Waals surface area contributed by atoms with Gasteiger partial charge in [-0.3, -0.25) is 4.79 Å². The van der Waals surface area contributed by atoms with Crippen molar-refractivity contribution in [1.29, 1.82) is 0 Å². The van der Waals surface area contributed by atoms with Crippen LogP contribution in [-0.4, -0.2) is 28.6 Å². The first-order valence-corrected chi connectivity index (χ1v) is 7.41. The molecule has 1 heterocycles. The largest absolute Gasteiger partial charge is 0.481 e. The van der Waals surface area contributed by atoms with E-state index in [-0.39, 0.29) is 13.2 Å². The van der Waals surface area contributed by atoms with E-state index in [0.29, 0.717) is 6.54 Å². The molecule has 1 N–H and O–H groups in total. The van der Waals surface area contributed by atoms with Gasteiger partial charge >= 0.3 is 12.1 Å².